The molecule has 2 nitrogen and oxygen atoms in total. The maximum atomic E-state index is 2.57. The normalized spacial score (nSPS) is 22.2. The highest BCUT2D eigenvalue weighted by molar-refractivity contribution is 7.98. The highest BCUT2D eigenvalue weighted by Gasteiger charge is 2.25. The van der Waals surface area contributed by atoms with Gasteiger partial charge in [0, 0.05) is 37.6 Å². The lowest BCUT2D eigenvalue weighted by Gasteiger charge is -2.42. The van der Waals surface area contributed by atoms with Crippen molar-refractivity contribution in [2.45, 2.75) is 26.3 Å². The van der Waals surface area contributed by atoms with Gasteiger partial charge in [-0.05, 0) is 27.0 Å². The highest BCUT2D eigenvalue weighted by atomic mass is 32.2. The van der Waals surface area contributed by atoms with Gasteiger partial charge in [0.25, 0.3) is 0 Å². The van der Waals surface area contributed by atoms with E-state index in [2.05, 4.69) is 36.8 Å². The third-order valence-corrected chi connectivity index (χ3v) is 3.26. The molecule has 0 spiro atoms. The van der Waals surface area contributed by atoms with Gasteiger partial charge < -0.3 is 0 Å². The van der Waals surface area contributed by atoms with Crippen molar-refractivity contribution in [1.82, 2.24) is 9.80 Å². The van der Waals surface area contributed by atoms with Gasteiger partial charge in [-0.1, -0.05) is 0 Å². The Kier molecular flexibility index (Phi) is 4.07. The van der Waals surface area contributed by atoms with E-state index >= 15 is 0 Å². The molecule has 0 aromatic rings. The molecule has 1 heterocycles. The monoisotopic (exact) mass is 202 g/mol. The van der Waals surface area contributed by atoms with Crippen LogP contribution in [0.3, 0.4) is 0 Å². The minimum atomic E-state index is 0.353. The van der Waals surface area contributed by atoms with E-state index in [0.29, 0.717) is 5.54 Å². The summed E-state index contributed by atoms with van der Waals surface area (Å²) < 4.78 is 0. The molecule has 0 unspecified atom stereocenters. The van der Waals surface area contributed by atoms with Crippen molar-refractivity contribution in [3.05, 3.63) is 0 Å². The van der Waals surface area contributed by atoms with Crippen LogP contribution < -0.4 is 0 Å². The van der Waals surface area contributed by atoms with Crippen LogP contribution in [0.2, 0.25) is 0 Å². The van der Waals surface area contributed by atoms with E-state index in [9.17, 15) is 0 Å². The number of nitrogens with zero attached hydrogens (tertiary/aromatic N) is 2. The van der Waals surface area contributed by atoms with Crippen LogP contribution in [0.15, 0.2) is 0 Å². The lowest BCUT2D eigenvalue weighted by atomic mass is 10.1. The first-order valence-electron chi connectivity index (χ1n) is 5.00. The van der Waals surface area contributed by atoms with Crippen LogP contribution in [0.5, 0.6) is 0 Å². The Morgan fingerprint density at radius 3 is 2.00 bits per heavy atom. The van der Waals surface area contributed by atoms with E-state index in [-0.39, 0.29) is 0 Å². The van der Waals surface area contributed by atoms with Crippen molar-refractivity contribution in [3.8, 4) is 0 Å². The third kappa shape index (κ3) is 3.49. The maximum Gasteiger partial charge on any atom is 0.0442 e. The summed E-state index contributed by atoms with van der Waals surface area (Å²) in [6.07, 6.45) is 2.18. The SMILES string of the molecule is CSCN1CCN(C(C)(C)C)CC1. The minimum absolute atomic E-state index is 0.353. The zero-order valence-electron chi connectivity index (χ0n) is 9.34. The quantitative estimate of drug-likeness (QED) is 0.673. The molecule has 13 heavy (non-hydrogen) atoms. The van der Waals surface area contributed by atoms with E-state index in [4.69, 9.17) is 0 Å². The molecule has 0 atom stereocenters. The van der Waals surface area contributed by atoms with Crippen molar-refractivity contribution >= 4 is 11.8 Å². The topological polar surface area (TPSA) is 6.48 Å². The van der Waals surface area contributed by atoms with Crippen LogP contribution in [0.1, 0.15) is 20.8 Å². The second-order valence-electron chi connectivity index (χ2n) is 4.69. The summed E-state index contributed by atoms with van der Waals surface area (Å²) in [5.74, 6) is 1.19. The van der Waals surface area contributed by atoms with E-state index in [0.717, 1.165) is 0 Å². The fourth-order valence-corrected chi connectivity index (χ4v) is 2.35. The zero-order chi connectivity index (χ0) is 9.90. The van der Waals surface area contributed by atoms with E-state index in [1.54, 1.807) is 0 Å². The summed E-state index contributed by atoms with van der Waals surface area (Å²) in [6, 6.07) is 0. The van der Waals surface area contributed by atoms with Gasteiger partial charge >= 0.3 is 0 Å². The van der Waals surface area contributed by atoms with Gasteiger partial charge in [0.2, 0.25) is 0 Å². The molecule has 1 aliphatic rings. The number of thioether (sulfide) groups is 1. The van der Waals surface area contributed by atoms with E-state index in [1.807, 2.05) is 11.8 Å². The molecule has 1 aliphatic heterocycles. The van der Waals surface area contributed by atoms with Crippen LogP contribution in [0, 0.1) is 0 Å². The van der Waals surface area contributed by atoms with Crippen molar-refractivity contribution in [3.63, 3.8) is 0 Å². The predicted octanol–water partition coefficient (Wildman–Crippen LogP) is 1.72. The second-order valence-corrected chi connectivity index (χ2v) is 5.53. The van der Waals surface area contributed by atoms with Crippen molar-refractivity contribution in [1.29, 1.82) is 0 Å². The summed E-state index contributed by atoms with van der Waals surface area (Å²) >= 11 is 1.92. The number of piperazine rings is 1. The standard InChI is InChI=1S/C10H22N2S/c1-10(2,3)12-7-5-11(6-8-12)9-13-4/h5-9H2,1-4H3. The first-order chi connectivity index (χ1) is 6.04. The fraction of sp³-hybridized carbons (Fsp3) is 1.00. The number of hydrogen-bond donors (Lipinski definition) is 0. The summed E-state index contributed by atoms with van der Waals surface area (Å²) in [5.41, 5.74) is 0.353. The Balaban J connectivity index is 2.30. The smallest absolute Gasteiger partial charge is 0.0442 e. The molecule has 1 saturated heterocycles. The Labute approximate surface area is 86.7 Å². The fourth-order valence-electron chi connectivity index (χ4n) is 1.73. The molecule has 0 saturated carbocycles. The van der Waals surface area contributed by atoms with Gasteiger partial charge in [0.1, 0.15) is 0 Å². The number of rotatable bonds is 2. The average Bonchev–Trinajstić information content (AvgIpc) is 2.04. The van der Waals surface area contributed by atoms with Crippen molar-refractivity contribution in [2.24, 2.45) is 0 Å². The van der Waals surface area contributed by atoms with Crippen molar-refractivity contribution < 1.29 is 0 Å². The highest BCUT2D eigenvalue weighted by Crippen LogP contribution is 2.16. The molecule has 1 fully saturated rings. The number of hydrogen-bond acceptors (Lipinski definition) is 3. The third-order valence-electron chi connectivity index (χ3n) is 2.63. The van der Waals surface area contributed by atoms with Gasteiger partial charge in [0.15, 0.2) is 0 Å². The predicted molar refractivity (Wildman–Crippen MR) is 61.3 cm³/mol. The molecule has 1 rings (SSSR count). The molecule has 0 aliphatic carbocycles. The van der Waals surface area contributed by atoms with Gasteiger partial charge in [-0.2, -0.15) is 0 Å². The Bertz CT molecular complexity index is 145. The summed E-state index contributed by atoms with van der Waals surface area (Å²) in [6.45, 7) is 11.8. The second kappa shape index (κ2) is 4.67. The van der Waals surface area contributed by atoms with Gasteiger partial charge in [-0.3, -0.25) is 9.80 Å². The van der Waals surface area contributed by atoms with Crippen LogP contribution in [0.25, 0.3) is 0 Å². The molecule has 0 amide bonds. The van der Waals surface area contributed by atoms with E-state index in [1.165, 1.54) is 32.1 Å². The molecule has 0 radical (unpaired) electrons. The van der Waals surface area contributed by atoms with Crippen LogP contribution in [-0.4, -0.2) is 53.7 Å². The first kappa shape index (κ1) is 11.3. The lowest BCUT2D eigenvalue weighted by molar-refractivity contribution is 0.0710. The molecule has 0 aromatic carbocycles. The Morgan fingerprint density at radius 2 is 1.62 bits per heavy atom. The van der Waals surface area contributed by atoms with Crippen LogP contribution in [-0.2, 0) is 0 Å². The largest absolute Gasteiger partial charge is 0.296 e. The molecular formula is C10H22N2S. The van der Waals surface area contributed by atoms with Gasteiger partial charge in [-0.25, -0.2) is 0 Å². The van der Waals surface area contributed by atoms with Crippen LogP contribution in [0.4, 0.5) is 0 Å². The molecule has 78 valence electrons. The maximum absolute atomic E-state index is 2.57. The average molecular weight is 202 g/mol. The minimum Gasteiger partial charge on any atom is -0.296 e. The van der Waals surface area contributed by atoms with Gasteiger partial charge in [-0.15, -0.1) is 11.8 Å². The molecule has 0 aromatic heterocycles. The van der Waals surface area contributed by atoms with Gasteiger partial charge in [0.05, 0.1) is 0 Å². The first-order valence-corrected chi connectivity index (χ1v) is 6.40. The Hall–Kier alpha value is 0.270. The molecule has 0 bridgehead atoms. The molecule has 3 heteroatoms. The summed E-state index contributed by atoms with van der Waals surface area (Å²) in [5, 5.41) is 0. The Morgan fingerprint density at radius 1 is 1.08 bits per heavy atom. The molecule has 0 N–H and O–H groups in total. The van der Waals surface area contributed by atoms with Crippen LogP contribution >= 0.6 is 11.8 Å². The van der Waals surface area contributed by atoms with E-state index < -0.39 is 0 Å². The molecular weight excluding hydrogens is 180 g/mol. The zero-order valence-corrected chi connectivity index (χ0v) is 10.2. The lowest BCUT2D eigenvalue weighted by Crippen LogP contribution is -2.53. The summed E-state index contributed by atoms with van der Waals surface area (Å²) in [4.78, 5) is 5.11. The summed E-state index contributed by atoms with van der Waals surface area (Å²) in [7, 11) is 0. The van der Waals surface area contributed by atoms with Crippen molar-refractivity contribution in [2.75, 3.05) is 38.3 Å².